The number of ether oxygens (including phenoxy) is 2. The highest BCUT2D eigenvalue weighted by Crippen LogP contribution is 2.52. The Morgan fingerprint density at radius 1 is 0.533 bits per heavy atom. The molecule has 0 saturated carbocycles. The third kappa shape index (κ3) is 23.4. The van der Waals surface area contributed by atoms with Gasteiger partial charge in [-0.05, 0) is 151 Å². The molecule has 3 saturated heterocycles. The summed E-state index contributed by atoms with van der Waals surface area (Å²) in [5.41, 5.74) is 8.50. The zero-order chi connectivity index (χ0) is 76.5. The molecule has 0 bridgehead atoms. The molecular weight excluding hydrogens is 1470 g/mol. The van der Waals surface area contributed by atoms with Crippen LogP contribution in [0.5, 0.6) is 0 Å². The number of carbonyl (C=O) groups excluding carboxylic acids is 3. The van der Waals surface area contributed by atoms with Crippen LogP contribution in [0.4, 0.5) is 65.3 Å². The lowest BCUT2D eigenvalue weighted by atomic mass is 10.1. The molecule has 0 spiro atoms. The average molecular weight is 1560 g/mol. The van der Waals surface area contributed by atoms with Crippen LogP contribution in [0.2, 0.25) is 0 Å². The topological polar surface area (TPSA) is 215 Å². The highest BCUT2D eigenvalue weighted by Gasteiger charge is 2.36. The number of aliphatic hydroxyl groups is 1. The number of carbonyl (C=O) groups is 3. The number of para-hydroxylation sites is 3. The van der Waals surface area contributed by atoms with Gasteiger partial charge >= 0.3 is 18.4 Å². The summed E-state index contributed by atoms with van der Waals surface area (Å²) in [7, 11) is -0.320. The average Bonchev–Trinajstić information content (AvgIpc) is 0.768. The van der Waals surface area contributed by atoms with Crippen molar-refractivity contribution >= 4 is 97.3 Å². The number of amides is 3. The fourth-order valence-corrected chi connectivity index (χ4v) is 17.5. The van der Waals surface area contributed by atoms with Gasteiger partial charge in [-0.1, -0.05) is 71.7 Å². The predicted octanol–water partition coefficient (Wildman–Crippen LogP) is 11.4. The molecule has 31 heteroatoms. The molecule has 582 valence electrons. The third-order valence-electron chi connectivity index (χ3n) is 18.9. The van der Waals surface area contributed by atoms with Crippen LogP contribution in [0.1, 0.15) is 57.6 Å². The zero-order valence-corrected chi connectivity index (χ0v) is 64.6. The molecule has 6 N–H and O–H groups in total. The predicted molar refractivity (Wildman–Crippen MR) is 410 cm³/mol. The Hall–Kier alpha value is -6.85. The highest BCUT2D eigenvalue weighted by molar-refractivity contribution is 8.00. The van der Waals surface area contributed by atoms with E-state index < -0.39 is 63.1 Å². The van der Waals surface area contributed by atoms with Crippen molar-refractivity contribution in [2.45, 2.75) is 105 Å². The van der Waals surface area contributed by atoms with E-state index in [2.05, 4.69) is 63.5 Å². The molecule has 0 aliphatic carbocycles. The first-order valence-electron chi connectivity index (χ1n) is 36.3. The van der Waals surface area contributed by atoms with E-state index in [1.807, 2.05) is 76.5 Å². The Balaban J connectivity index is 0.000000176. The van der Waals surface area contributed by atoms with Crippen molar-refractivity contribution < 1.29 is 63.7 Å². The maximum absolute atomic E-state index is 13.5. The Kier molecular flexibility index (Phi) is 29.5. The first-order chi connectivity index (χ1) is 51.1. The van der Waals surface area contributed by atoms with E-state index >= 15 is 0 Å². The van der Waals surface area contributed by atoms with Gasteiger partial charge in [0.15, 0.2) is 0 Å². The zero-order valence-electron chi connectivity index (χ0n) is 61.3. The number of benzene rings is 6. The van der Waals surface area contributed by atoms with Crippen LogP contribution in [-0.4, -0.2) is 243 Å². The number of fused-ring (bicyclic) bond motifs is 6. The minimum Gasteiger partial charge on any atom is -0.444 e. The summed E-state index contributed by atoms with van der Waals surface area (Å²) in [5.74, 6) is -1.24. The van der Waals surface area contributed by atoms with E-state index in [4.69, 9.17) is 20.3 Å². The van der Waals surface area contributed by atoms with Crippen molar-refractivity contribution in [3.05, 3.63) is 139 Å². The minimum absolute atomic E-state index is 0.0515. The molecule has 0 unspecified atom stereocenters. The number of alkyl halides is 6. The van der Waals surface area contributed by atoms with Gasteiger partial charge in [-0.25, -0.2) is 17.5 Å². The monoisotopic (exact) mass is 1560 g/mol. The van der Waals surface area contributed by atoms with E-state index in [1.165, 1.54) is 50.9 Å². The molecule has 21 nitrogen and oxygen atoms in total. The number of sulfonamides is 1. The molecule has 107 heavy (non-hydrogen) atoms. The van der Waals surface area contributed by atoms with Gasteiger partial charge in [-0.15, -0.1) is 0 Å². The number of rotatable bonds is 26. The number of primary amides is 1. The van der Waals surface area contributed by atoms with Crippen LogP contribution >= 0.6 is 35.3 Å². The van der Waals surface area contributed by atoms with Gasteiger partial charge in [0.05, 0.1) is 76.4 Å². The molecule has 6 aliphatic heterocycles. The third-order valence-corrected chi connectivity index (χ3v) is 24.1. The number of aliphatic hydroxyl groups excluding tert-OH is 1. The van der Waals surface area contributed by atoms with Gasteiger partial charge < -0.3 is 65.7 Å². The van der Waals surface area contributed by atoms with Crippen LogP contribution in [0.15, 0.2) is 162 Å². The van der Waals surface area contributed by atoms with Crippen LogP contribution < -0.4 is 36.4 Å². The highest BCUT2D eigenvalue weighted by atomic mass is 32.2. The number of halogens is 6. The van der Waals surface area contributed by atoms with E-state index in [1.54, 1.807) is 64.8 Å². The van der Waals surface area contributed by atoms with Crippen LogP contribution in [-0.2, 0) is 41.4 Å². The summed E-state index contributed by atoms with van der Waals surface area (Å²) in [6, 6.07) is 36.4. The van der Waals surface area contributed by atoms with E-state index in [0.717, 1.165) is 184 Å². The summed E-state index contributed by atoms with van der Waals surface area (Å²) >= 11 is 4.72. The van der Waals surface area contributed by atoms with Crippen LogP contribution in [0.25, 0.3) is 0 Å². The van der Waals surface area contributed by atoms with Gasteiger partial charge in [-0.2, -0.15) is 26.3 Å². The summed E-state index contributed by atoms with van der Waals surface area (Å²) in [6.07, 6.45) is -7.24. The second-order valence-electron chi connectivity index (χ2n) is 28.0. The van der Waals surface area contributed by atoms with Gasteiger partial charge in [0, 0.05) is 161 Å². The van der Waals surface area contributed by atoms with E-state index in [9.17, 15) is 49.1 Å². The first kappa shape index (κ1) is 82.6. The summed E-state index contributed by atoms with van der Waals surface area (Å²) < 4.78 is 118. The number of nitrogens with one attached hydrogen (secondary N) is 3. The summed E-state index contributed by atoms with van der Waals surface area (Å²) in [6.45, 7) is 24.2. The van der Waals surface area contributed by atoms with Crippen molar-refractivity contribution in [3.63, 3.8) is 0 Å². The fourth-order valence-electron chi connectivity index (χ4n) is 13.4. The largest absolute Gasteiger partial charge is 0.444 e. The molecule has 12 rings (SSSR count). The molecular formula is C76H99F6N13O8S4. The van der Waals surface area contributed by atoms with Gasteiger partial charge in [0.25, 0.3) is 0 Å². The van der Waals surface area contributed by atoms with Crippen molar-refractivity contribution in [2.75, 3.05) is 186 Å². The standard InChI is InChI=1S/C31H41F3N6O4S.C24H30F3N3O2S.C21H28N4O2S2/c1-30(2,3)44-29(43)37-22(20-27(35)41)28(42)36-11-14-39-17-15-38(16-18-39)12-6-13-40-23-7-4-5-8-25(23)45-26-10-9-21(19-24(26)40)31(32,33)34;25-24(26,27)19-6-7-23-21(18-19)30(20-4-1-2-5-22(20)33-23)9-3-8-28-10-12-29(13-11-28)14-16-32-17-15-31;1-23(2)29(26,27)17-8-9-21-19(16-17)25(18-6-3-4-7-20(18)28-21)13-5-12-24-14-10-22-11-15-24/h4-5,7-10,19,22H,6,11-18,20H2,1-3H3,(H2,35,41)(H,36,42)(H,37,43);1-2,4-7,18,31H,3,8-17H2;3-4,6-9,16,22H,5,10-15H2,1-2H3/t22-;;/m0../s1. The molecule has 6 heterocycles. The Morgan fingerprint density at radius 3 is 1.34 bits per heavy atom. The van der Waals surface area contributed by atoms with Crippen molar-refractivity contribution in [1.82, 2.24) is 44.8 Å². The van der Waals surface area contributed by atoms with Crippen LogP contribution in [0.3, 0.4) is 0 Å². The lowest BCUT2D eigenvalue weighted by Crippen LogP contribution is -2.52. The summed E-state index contributed by atoms with van der Waals surface area (Å²) in [5, 5.41) is 17.3. The van der Waals surface area contributed by atoms with Crippen molar-refractivity contribution in [2.24, 2.45) is 5.73 Å². The number of nitrogens with zero attached hydrogens (tertiary/aromatic N) is 9. The molecule has 6 aromatic carbocycles. The lowest BCUT2D eigenvalue weighted by Gasteiger charge is -2.36. The van der Waals surface area contributed by atoms with Gasteiger partial charge in [0.2, 0.25) is 21.8 Å². The van der Waals surface area contributed by atoms with Gasteiger partial charge in [-0.3, -0.25) is 19.4 Å². The number of anilines is 6. The molecule has 6 aromatic rings. The molecule has 0 aromatic heterocycles. The number of hydrogen-bond acceptors (Lipinski definition) is 20. The lowest BCUT2D eigenvalue weighted by molar-refractivity contribution is -0.138. The fraction of sp³-hybridized carbons (Fsp3) is 0.487. The number of hydrogen-bond donors (Lipinski definition) is 5. The minimum atomic E-state index is -4.41. The molecule has 3 fully saturated rings. The molecule has 6 aliphatic rings. The van der Waals surface area contributed by atoms with E-state index in [0.29, 0.717) is 55.7 Å². The van der Waals surface area contributed by atoms with Gasteiger partial charge in [0.1, 0.15) is 11.6 Å². The molecule has 3 amide bonds. The Morgan fingerprint density at radius 2 is 0.925 bits per heavy atom. The molecule has 1 atom stereocenters. The SMILES string of the molecule is CC(C)(C)OC(=O)N[C@@H](CC(N)=O)C(=O)NCCN1CCN(CCCN2c3ccccc3Sc3ccc(C(F)(F)F)cc32)CC1.CN(C)S(=O)(=O)c1ccc2c(c1)N(CCCN1CCNCC1)c1ccccc1S2.OCCOCCN1CCN(CCCN2c3ccccc3Sc3ccc(C(F)(F)F)cc32)CC1. The first-order valence-corrected chi connectivity index (χ1v) is 40.2. The Bertz CT molecular complexity index is 4060. The Labute approximate surface area is 637 Å². The normalized spacial score (nSPS) is 16.9. The smallest absolute Gasteiger partial charge is 0.416 e. The quantitative estimate of drug-likeness (QED) is 0.0252. The van der Waals surface area contributed by atoms with Crippen molar-refractivity contribution in [1.29, 1.82) is 0 Å². The number of piperazine rings is 3. The maximum Gasteiger partial charge on any atom is 0.416 e. The van der Waals surface area contributed by atoms with E-state index in [-0.39, 0.29) is 13.0 Å². The number of alkyl carbamates (subject to hydrolysis) is 1. The summed E-state index contributed by atoms with van der Waals surface area (Å²) in [4.78, 5) is 60.8. The maximum atomic E-state index is 13.5. The second-order valence-corrected chi connectivity index (χ2v) is 33.4. The second kappa shape index (κ2) is 38.2. The molecule has 0 radical (unpaired) electrons. The van der Waals surface area contributed by atoms with Crippen molar-refractivity contribution in [3.8, 4) is 0 Å². The number of nitrogens with two attached hydrogens (primary N) is 1. The van der Waals surface area contributed by atoms with Crippen LogP contribution in [0, 0.1) is 0 Å².